The first kappa shape index (κ1) is 31.1. The van der Waals surface area contributed by atoms with Gasteiger partial charge in [-0.2, -0.15) is 8.42 Å². The molecule has 0 bridgehead atoms. The molecule has 2 atom stereocenters. The van der Waals surface area contributed by atoms with Crippen LogP contribution >= 0.6 is 0 Å². The normalized spacial score (nSPS) is 14.7. The largest absolute Gasteiger partial charge is 0.460 e. The van der Waals surface area contributed by atoms with Gasteiger partial charge in [-0.05, 0) is 81.6 Å². The Morgan fingerprint density at radius 1 is 0.788 bits per heavy atom. The second-order valence-electron chi connectivity index (χ2n) is 10.9. The first-order chi connectivity index (χ1) is 14.6. The van der Waals surface area contributed by atoms with E-state index < -0.39 is 56.9 Å². The summed E-state index contributed by atoms with van der Waals surface area (Å²) >= 11 is 0. The molecule has 0 fully saturated rings. The fraction of sp³-hybridized carbons (Fsp3) is 0.864. The Hall–Kier alpha value is -1.88. The van der Waals surface area contributed by atoms with Crippen molar-refractivity contribution in [2.45, 2.75) is 104 Å². The lowest BCUT2D eigenvalue weighted by molar-refractivity contribution is -0.163. The molecule has 0 unspecified atom stereocenters. The zero-order valence-corrected chi connectivity index (χ0v) is 22.4. The smallest absolute Gasteiger partial charge is 0.408 e. The number of alkyl carbamates (subject to hydrolysis) is 1. The van der Waals surface area contributed by atoms with E-state index in [2.05, 4.69) is 5.32 Å². The van der Waals surface area contributed by atoms with Gasteiger partial charge in [0.1, 0.15) is 22.8 Å². The van der Waals surface area contributed by atoms with Crippen LogP contribution in [-0.4, -0.2) is 62.2 Å². The van der Waals surface area contributed by atoms with Crippen LogP contribution in [0.15, 0.2) is 0 Å². The molecular formula is C22H41NO9S. The maximum atomic E-state index is 12.8. The Morgan fingerprint density at radius 2 is 1.24 bits per heavy atom. The summed E-state index contributed by atoms with van der Waals surface area (Å²) in [5, 5.41) is 2.49. The maximum Gasteiger partial charge on any atom is 0.408 e. The minimum atomic E-state index is -3.63. The molecule has 1 amide bonds. The highest BCUT2D eigenvalue weighted by Gasteiger charge is 2.34. The Kier molecular flexibility index (Phi) is 11.3. The Labute approximate surface area is 198 Å². The number of hydrogen-bond acceptors (Lipinski definition) is 9. The molecule has 0 heterocycles. The molecular weight excluding hydrogens is 454 g/mol. The quantitative estimate of drug-likeness (QED) is 0.209. The zero-order chi connectivity index (χ0) is 26.3. The minimum absolute atomic E-state index is 0.123. The number of rotatable bonds is 10. The number of carbonyl (C=O) groups is 3. The number of carbonyl (C=O) groups excluding carboxylic acids is 3. The van der Waals surface area contributed by atoms with E-state index in [1.165, 1.54) is 0 Å². The monoisotopic (exact) mass is 495 g/mol. The van der Waals surface area contributed by atoms with Crippen LogP contribution < -0.4 is 5.32 Å². The van der Waals surface area contributed by atoms with E-state index in [0.29, 0.717) is 0 Å². The SMILES string of the molecule is CC(C)(C)OC(=O)N[C@@H](C[C@@H](CCCOS(C)(=O)=O)C(=O)OC(C)(C)C)C(=O)OC(C)(C)C. The van der Waals surface area contributed by atoms with Crippen LogP contribution in [0.5, 0.6) is 0 Å². The third-order valence-electron chi connectivity index (χ3n) is 3.64. The Balaban J connectivity index is 5.66. The molecule has 33 heavy (non-hydrogen) atoms. The van der Waals surface area contributed by atoms with Crippen molar-refractivity contribution < 1.29 is 41.2 Å². The summed E-state index contributed by atoms with van der Waals surface area (Å²) in [6.07, 6.45) is 0.357. The molecule has 0 aromatic rings. The van der Waals surface area contributed by atoms with Crippen molar-refractivity contribution in [3.63, 3.8) is 0 Å². The Morgan fingerprint density at radius 3 is 1.67 bits per heavy atom. The van der Waals surface area contributed by atoms with Crippen LogP contribution in [0.4, 0.5) is 4.79 Å². The molecule has 0 aliphatic heterocycles. The second kappa shape index (κ2) is 12.0. The van der Waals surface area contributed by atoms with E-state index in [4.69, 9.17) is 18.4 Å². The van der Waals surface area contributed by atoms with Crippen molar-refractivity contribution in [2.24, 2.45) is 5.92 Å². The van der Waals surface area contributed by atoms with Crippen molar-refractivity contribution in [2.75, 3.05) is 12.9 Å². The van der Waals surface area contributed by atoms with Crippen molar-refractivity contribution in [1.29, 1.82) is 0 Å². The summed E-state index contributed by atoms with van der Waals surface area (Å²) in [6.45, 7) is 15.1. The first-order valence-corrected chi connectivity index (χ1v) is 12.7. The predicted octanol–water partition coefficient (Wildman–Crippen LogP) is 3.33. The molecule has 10 nitrogen and oxygen atoms in total. The molecule has 0 spiro atoms. The van der Waals surface area contributed by atoms with Gasteiger partial charge in [-0.1, -0.05) is 0 Å². The van der Waals surface area contributed by atoms with Crippen molar-refractivity contribution in [3.05, 3.63) is 0 Å². The molecule has 194 valence electrons. The van der Waals surface area contributed by atoms with Gasteiger partial charge in [0.05, 0.1) is 18.8 Å². The molecule has 0 aromatic heterocycles. The van der Waals surface area contributed by atoms with E-state index >= 15 is 0 Å². The van der Waals surface area contributed by atoms with Crippen LogP contribution in [-0.2, 0) is 38.1 Å². The molecule has 0 aliphatic rings. The lowest BCUT2D eigenvalue weighted by Crippen LogP contribution is -2.47. The highest BCUT2D eigenvalue weighted by molar-refractivity contribution is 7.85. The summed E-state index contributed by atoms with van der Waals surface area (Å²) in [7, 11) is -3.63. The highest BCUT2D eigenvalue weighted by Crippen LogP contribution is 2.22. The van der Waals surface area contributed by atoms with Gasteiger partial charge >= 0.3 is 18.0 Å². The van der Waals surface area contributed by atoms with Gasteiger partial charge in [0.25, 0.3) is 10.1 Å². The van der Waals surface area contributed by atoms with Crippen molar-refractivity contribution >= 4 is 28.1 Å². The van der Waals surface area contributed by atoms with Crippen molar-refractivity contribution in [1.82, 2.24) is 5.32 Å². The van der Waals surface area contributed by atoms with Gasteiger partial charge in [-0.15, -0.1) is 0 Å². The van der Waals surface area contributed by atoms with E-state index in [9.17, 15) is 22.8 Å². The topological polar surface area (TPSA) is 134 Å². The lowest BCUT2D eigenvalue weighted by atomic mass is 9.94. The van der Waals surface area contributed by atoms with E-state index in [-0.39, 0.29) is 25.9 Å². The fourth-order valence-electron chi connectivity index (χ4n) is 2.58. The molecule has 0 saturated carbocycles. The van der Waals surface area contributed by atoms with Gasteiger partial charge < -0.3 is 19.5 Å². The highest BCUT2D eigenvalue weighted by atomic mass is 32.2. The van der Waals surface area contributed by atoms with Gasteiger partial charge in [-0.3, -0.25) is 8.98 Å². The van der Waals surface area contributed by atoms with Gasteiger partial charge in [0.15, 0.2) is 0 Å². The van der Waals surface area contributed by atoms with Crippen LogP contribution in [0.2, 0.25) is 0 Å². The third kappa shape index (κ3) is 17.3. The summed E-state index contributed by atoms with van der Waals surface area (Å²) < 4.78 is 43.3. The molecule has 0 rings (SSSR count). The van der Waals surface area contributed by atoms with Gasteiger partial charge in [0, 0.05) is 0 Å². The summed E-state index contributed by atoms with van der Waals surface area (Å²) in [4.78, 5) is 38.0. The average molecular weight is 496 g/mol. The van der Waals surface area contributed by atoms with Gasteiger partial charge in [0.2, 0.25) is 0 Å². The third-order valence-corrected chi connectivity index (χ3v) is 4.23. The summed E-state index contributed by atoms with van der Waals surface area (Å²) in [5.74, 6) is -2.14. The van der Waals surface area contributed by atoms with Crippen LogP contribution in [0.3, 0.4) is 0 Å². The maximum absolute atomic E-state index is 12.8. The van der Waals surface area contributed by atoms with E-state index in [1.807, 2.05) is 0 Å². The number of amides is 1. The van der Waals surface area contributed by atoms with E-state index in [0.717, 1.165) is 6.26 Å². The zero-order valence-electron chi connectivity index (χ0n) is 21.6. The molecule has 0 radical (unpaired) electrons. The van der Waals surface area contributed by atoms with Crippen molar-refractivity contribution in [3.8, 4) is 0 Å². The standard InChI is InChI=1S/C22H41NO9S/c1-20(2,3)30-17(24)15(12-11-13-29-33(10,27)28)14-16(18(25)31-21(4,5)6)23-19(26)32-22(7,8)9/h15-16H,11-14H2,1-10H3,(H,23,26)/t15-,16+/m1/s1. The van der Waals surface area contributed by atoms with E-state index in [1.54, 1.807) is 62.3 Å². The number of hydrogen-bond donors (Lipinski definition) is 1. The first-order valence-electron chi connectivity index (χ1n) is 10.9. The van der Waals surface area contributed by atoms with Crippen LogP contribution in [0.25, 0.3) is 0 Å². The molecule has 0 saturated heterocycles. The molecule has 0 aromatic carbocycles. The molecule has 0 aliphatic carbocycles. The lowest BCUT2D eigenvalue weighted by Gasteiger charge is -2.29. The minimum Gasteiger partial charge on any atom is -0.460 e. The molecule has 1 N–H and O–H groups in total. The summed E-state index contributed by atoms with van der Waals surface area (Å²) in [5.41, 5.74) is -2.40. The number of esters is 2. The fourth-order valence-corrected chi connectivity index (χ4v) is 3.00. The molecule has 11 heteroatoms. The average Bonchev–Trinajstić information content (AvgIpc) is 2.50. The summed E-state index contributed by atoms with van der Waals surface area (Å²) in [6, 6.07) is -1.19. The predicted molar refractivity (Wildman–Crippen MR) is 123 cm³/mol. The van der Waals surface area contributed by atoms with Gasteiger partial charge in [-0.25, -0.2) is 9.59 Å². The second-order valence-corrected chi connectivity index (χ2v) is 12.5. The van der Waals surface area contributed by atoms with Crippen LogP contribution in [0, 0.1) is 5.92 Å². The van der Waals surface area contributed by atoms with Crippen LogP contribution in [0.1, 0.15) is 81.6 Å². The Bertz CT molecular complexity index is 771. The number of ether oxygens (including phenoxy) is 3. The number of nitrogens with one attached hydrogen (secondary N) is 1.